The van der Waals surface area contributed by atoms with Crippen LogP contribution in [0, 0.1) is 18.3 Å². The summed E-state index contributed by atoms with van der Waals surface area (Å²) in [5.74, 6) is -0.798. The highest BCUT2D eigenvalue weighted by Gasteiger charge is 2.51. The molecule has 0 bridgehead atoms. The van der Waals surface area contributed by atoms with Crippen molar-refractivity contribution in [1.29, 1.82) is 5.26 Å². The van der Waals surface area contributed by atoms with Crippen molar-refractivity contribution in [3.05, 3.63) is 52.9 Å². The molecule has 8 nitrogen and oxygen atoms in total. The second-order valence-corrected chi connectivity index (χ2v) is 7.22. The molecule has 2 aromatic rings. The van der Waals surface area contributed by atoms with Gasteiger partial charge in [-0.3, -0.25) is 14.5 Å². The summed E-state index contributed by atoms with van der Waals surface area (Å²) in [6, 6.07) is 9.54. The number of urea groups is 1. The van der Waals surface area contributed by atoms with Gasteiger partial charge in [-0.05, 0) is 49.7 Å². The SMILES string of the molecule is Cc1cc(N(CCC#N)C(=O)CN2C(=O)NC(C)(c3ccco3)C2=O)ccc1Cl. The summed E-state index contributed by atoms with van der Waals surface area (Å²) in [5.41, 5.74) is -0.0813. The maximum absolute atomic E-state index is 13.0. The minimum Gasteiger partial charge on any atom is -0.466 e. The van der Waals surface area contributed by atoms with Crippen LogP contribution in [0.4, 0.5) is 10.5 Å². The number of aryl methyl sites for hydroxylation is 1. The molecule has 1 N–H and O–H groups in total. The average Bonchev–Trinajstić information content (AvgIpc) is 3.29. The molecule has 1 atom stereocenters. The Balaban J connectivity index is 1.84. The summed E-state index contributed by atoms with van der Waals surface area (Å²) in [5, 5.41) is 12.1. The van der Waals surface area contributed by atoms with E-state index in [1.54, 1.807) is 37.3 Å². The molecule has 29 heavy (non-hydrogen) atoms. The summed E-state index contributed by atoms with van der Waals surface area (Å²) in [4.78, 5) is 40.5. The third-order valence-electron chi connectivity index (χ3n) is 4.78. The molecule has 2 heterocycles. The summed E-state index contributed by atoms with van der Waals surface area (Å²) >= 11 is 6.05. The van der Waals surface area contributed by atoms with Crippen LogP contribution in [0.1, 0.15) is 24.7 Å². The summed E-state index contributed by atoms with van der Waals surface area (Å²) in [6.45, 7) is 2.97. The summed E-state index contributed by atoms with van der Waals surface area (Å²) < 4.78 is 5.28. The monoisotopic (exact) mass is 414 g/mol. The number of amides is 4. The fourth-order valence-electron chi connectivity index (χ4n) is 3.15. The smallest absolute Gasteiger partial charge is 0.325 e. The van der Waals surface area contributed by atoms with E-state index in [2.05, 4.69) is 5.32 Å². The Morgan fingerprint density at radius 2 is 2.14 bits per heavy atom. The molecule has 0 aliphatic carbocycles. The van der Waals surface area contributed by atoms with Gasteiger partial charge in [-0.1, -0.05) is 11.6 Å². The lowest BCUT2D eigenvalue weighted by Gasteiger charge is -2.25. The topological polar surface area (TPSA) is 107 Å². The Labute approximate surface area is 172 Å². The molecule has 9 heteroatoms. The summed E-state index contributed by atoms with van der Waals surface area (Å²) in [7, 11) is 0. The number of nitriles is 1. The first-order valence-electron chi connectivity index (χ1n) is 8.89. The second kappa shape index (κ2) is 7.97. The van der Waals surface area contributed by atoms with Crippen LogP contribution < -0.4 is 10.2 Å². The van der Waals surface area contributed by atoms with E-state index in [1.807, 2.05) is 6.07 Å². The number of carbonyl (C=O) groups is 3. The van der Waals surface area contributed by atoms with E-state index < -0.39 is 29.9 Å². The number of hydrogen-bond donors (Lipinski definition) is 1. The first-order valence-corrected chi connectivity index (χ1v) is 9.27. The van der Waals surface area contributed by atoms with Crippen molar-refractivity contribution in [2.75, 3.05) is 18.0 Å². The van der Waals surface area contributed by atoms with E-state index in [9.17, 15) is 14.4 Å². The molecular formula is C20H19ClN4O4. The molecule has 0 saturated carbocycles. The number of carbonyl (C=O) groups excluding carboxylic acids is 3. The first kappa shape index (κ1) is 20.4. The fraction of sp³-hybridized carbons (Fsp3) is 0.300. The van der Waals surface area contributed by atoms with E-state index in [0.717, 1.165) is 10.5 Å². The number of furan rings is 1. The predicted octanol–water partition coefficient (Wildman–Crippen LogP) is 2.96. The van der Waals surface area contributed by atoms with E-state index in [4.69, 9.17) is 21.3 Å². The summed E-state index contributed by atoms with van der Waals surface area (Å²) in [6.07, 6.45) is 1.50. The van der Waals surface area contributed by atoms with Crippen molar-refractivity contribution in [3.63, 3.8) is 0 Å². The molecular weight excluding hydrogens is 396 g/mol. The van der Waals surface area contributed by atoms with Gasteiger partial charge in [0.2, 0.25) is 5.91 Å². The van der Waals surface area contributed by atoms with Crippen LogP contribution in [-0.4, -0.2) is 35.8 Å². The number of benzene rings is 1. The number of rotatable bonds is 6. The van der Waals surface area contributed by atoms with Gasteiger partial charge in [0.25, 0.3) is 5.91 Å². The van der Waals surface area contributed by atoms with Crippen LogP contribution in [0.5, 0.6) is 0 Å². The van der Waals surface area contributed by atoms with Gasteiger partial charge in [-0.25, -0.2) is 4.79 Å². The lowest BCUT2D eigenvalue weighted by Crippen LogP contribution is -2.45. The third kappa shape index (κ3) is 3.82. The van der Waals surface area contributed by atoms with Crippen LogP contribution in [0.3, 0.4) is 0 Å². The second-order valence-electron chi connectivity index (χ2n) is 6.81. The lowest BCUT2D eigenvalue weighted by atomic mass is 9.99. The van der Waals surface area contributed by atoms with Crippen molar-refractivity contribution in [2.24, 2.45) is 0 Å². The van der Waals surface area contributed by atoms with Crippen LogP contribution in [0.25, 0.3) is 0 Å². The normalized spacial score (nSPS) is 18.5. The Bertz CT molecular complexity index is 998. The molecule has 1 saturated heterocycles. The first-order chi connectivity index (χ1) is 13.8. The van der Waals surface area contributed by atoms with Crippen LogP contribution in [0.2, 0.25) is 5.02 Å². The molecule has 4 amide bonds. The van der Waals surface area contributed by atoms with Crippen molar-refractivity contribution in [3.8, 4) is 6.07 Å². The van der Waals surface area contributed by atoms with E-state index in [1.165, 1.54) is 18.1 Å². The van der Waals surface area contributed by atoms with Crippen molar-refractivity contribution < 1.29 is 18.8 Å². The van der Waals surface area contributed by atoms with Gasteiger partial charge in [0.05, 0.1) is 18.8 Å². The molecule has 3 rings (SSSR count). The Morgan fingerprint density at radius 3 is 2.76 bits per heavy atom. The van der Waals surface area contributed by atoms with Crippen LogP contribution in [-0.2, 0) is 15.1 Å². The average molecular weight is 415 g/mol. The molecule has 0 spiro atoms. The van der Waals surface area contributed by atoms with Gasteiger partial charge in [-0.15, -0.1) is 0 Å². The van der Waals surface area contributed by atoms with Gasteiger partial charge in [-0.2, -0.15) is 5.26 Å². The number of nitrogens with zero attached hydrogens (tertiary/aromatic N) is 3. The molecule has 1 aliphatic heterocycles. The maximum Gasteiger partial charge on any atom is 0.325 e. The van der Waals surface area contributed by atoms with Gasteiger partial charge in [0.15, 0.2) is 5.54 Å². The van der Waals surface area contributed by atoms with Crippen LogP contribution >= 0.6 is 11.6 Å². The van der Waals surface area contributed by atoms with Crippen molar-refractivity contribution in [2.45, 2.75) is 25.8 Å². The highest BCUT2D eigenvalue weighted by molar-refractivity contribution is 6.31. The van der Waals surface area contributed by atoms with E-state index >= 15 is 0 Å². The van der Waals surface area contributed by atoms with Crippen molar-refractivity contribution in [1.82, 2.24) is 10.2 Å². The van der Waals surface area contributed by atoms with Gasteiger partial charge < -0.3 is 14.6 Å². The zero-order valence-electron chi connectivity index (χ0n) is 15.9. The number of hydrogen-bond acceptors (Lipinski definition) is 5. The molecule has 1 aromatic carbocycles. The molecule has 1 fully saturated rings. The Kier molecular flexibility index (Phi) is 5.62. The molecule has 0 radical (unpaired) electrons. The highest BCUT2D eigenvalue weighted by atomic mass is 35.5. The molecule has 150 valence electrons. The largest absolute Gasteiger partial charge is 0.466 e. The van der Waals surface area contributed by atoms with E-state index in [0.29, 0.717) is 10.7 Å². The Hall–Kier alpha value is -3.31. The minimum atomic E-state index is -1.38. The molecule has 1 unspecified atom stereocenters. The number of imide groups is 1. The van der Waals surface area contributed by atoms with Gasteiger partial charge >= 0.3 is 6.03 Å². The van der Waals surface area contributed by atoms with Gasteiger partial charge in [0.1, 0.15) is 12.3 Å². The predicted molar refractivity (Wildman–Crippen MR) is 105 cm³/mol. The van der Waals surface area contributed by atoms with Crippen molar-refractivity contribution >= 4 is 35.1 Å². The molecule has 1 aliphatic rings. The Morgan fingerprint density at radius 1 is 1.38 bits per heavy atom. The minimum absolute atomic E-state index is 0.0949. The quantitative estimate of drug-likeness (QED) is 0.731. The standard InChI is InChI=1S/C20H19ClN4O4/c1-13-11-14(6-7-15(13)21)24(9-4-8-22)17(26)12-25-18(27)20(2,23-19(25)28)16-5-3-10-29-16/h3,5-7,10-11H,4,9,12H2,1-2H3,(H,23,28). The van der Waals surface area contributed by atoms with E-state index in [-0.39, 0.29) is 18.7 Å². The number of anilines is 1. The third-order valence-corrected chi connectivity index (χ3v) is 5.21. The number of nitrogens with one attached hydrogen (secondary N) is 1. The molecule has 1 aromatic heterocycles. The van der Waals surface area contributed by atoms with Gasteiger partial charge in [0, 0.05) is 17.3 Å². The number of halogens is 1. The maximum atomic E-state index is 13.0. The fourth-order valence-corrected chi connectivity index (χ4v) is 3.27. The zero-order chi connectivity index (χ0) is 21.2. The highest BCUT2D eigenvalue weighted by Crippen LogP contribution is 2.29. The lowest BCUT2D eigenvalue weighted by molar-refractivity contribution is -0.134. The van der Waals surface area contributed by atoms with Crippen LogP contribution in [0.15, 0.2) is 41.0 Å². The zero-order valence-corrected chi connectivity index (χ0v) is 16.7.